The van der Waals surface area contributed by atoms with Gasteiger partial charge in [0.2, 0.25) is 0 Å². The lowest BCUT2D eigenvalue weighted by atomic mass is 9.49. The fourth-order valence-corrected chi connectivity index (χ4v) is 21.6. The maximum absolute atomic E-state index is 14.0. The highest BCUT2D eigenvalue weighted by Gasteiger charge is 2.69. The second-order valence-corrected chi connectivity index (χ2v) is 41.6. The van der Waals surface area contributed by atoms with Gasteiger partial charge in [-0.05, 0) is 175 Å². The molecule has 0 nitrogen and oxygen atoms in total. The van der Waals surface area contributed by atoms with Gasteiger partial charge in [-0.15, -0.1) is 0 Å². The second kappa shape index (κ2) is 50.6. The van der Waals surface area contributed by atoms with Crippen molar-refractivity contribution in [3.05, 3.63) is 0 Å². The third kappa shape index (κ3) is 31.3. The molecule has 1 saturated carbocycles. The Balaban J connectivity index is -0.000000247. The van der Waals surface area contributed by atoms with Crippen molar-refractivity contribution in [1.82, 2.24) is 0 Å². The molecule has 0 heterocycles. The lowest BCUT2D eigenvalue weighted by molar-refractivity contribution is -0.301. The Kier molecular flexibility index (Phi) is 55.4. The Morgan fingerprint density at radius 3 is 0.504 bits per heavy atom. The maximum atomic E-state index is 14.0. The summed E-state index contributed by atoms with van der Waals surface area (Å²) in [6.07, 6.45) is -23.9. The van der Waals surface area contributed by atoms with Crippen molar-refractivity contribution < 1.29 is 105 Å². The molecule has 0 aromatic rings. The van der Waals surface area contributed by atoms with Crippen molar-refractivity contribution in [2.24, 2.45) is 160 Å². The molecule has 0 amide bonds. The van der Waals surface area contributed by atoms with E-state index in [4.69, 9.17) is 0 Å². The van der Waals surface area contributed by atoms with Gasteiger partial charge in [-0.3, -0.25) is 0 Å². The number of alkyl halides is 24. The highest BCUT2D eigenvalue weighted by Crippen LogP contribution is 2.67. The summed E-state index contributed by atoms with van der Waals surface area (Å²) in [4.78, 5) is 0. The molecule has 0 bridgehead atoms. The predicted molar refractivity (Wildman–Crippen MR) is 464 cm³/mol. The van der Waals surface area contributed by atoms with E-state index in [1.165, 1.54) is 55.4 Å². The average Bonchev–Trinajstić information content (AvgIpc) is 1.22. The van der Waals surface area contributed by atoms with E-state index < -0.39 is 121 Å². The highest BCUT2D eigenvalue weighted by molar-refractivity contribution is 5.06. The minimum atomic E-state index is -4.18. The summed E-state index contributed by atoms with van der Waals surface area (Å²) in [6, 6.07) is 0. The van der Waals surface area contributed by atoms with E-state index in [0.717, 1.165) is 12.8 Å². The van der Waals surface area contributed by atoms with Gasteiger partial charge in [0.15, 0.2) is 0 Å². The number of halogens is 24. The van der Waals surface area contributed by atoms with Gasteiger partial charge in [0, 0.05) is 0 Å². The van der Waals surface area contributed by atoms with Gasteiger partial charge in [0.25, 0.3) is 0 Å². The SMILES string of the molecule is CC(C)C(C(C)C)C(C)(C(C(C)C)C(C)C)C(F)(F)F.CC(C)C(C(C)C)[C@](C)(C(C)C)C(F)(F)F.CC(C)C(C)(C(C)C)C(F)(F)F.CC1(C(F)(F)F)CCCC1.CCC(C)(CC)C(C)(C(F)(F)F)C(C)(CC)CC.CCC(C)(CC)[C@](C)(C(C)C)C(F)(F)F.CCC(CC)C(C)(C(C)C)C(F)(F)F.CCC(CC)C(C)(C(CC)CC)C(F)(F)F. The van der Waals surface area contributed by atoms with Crippen LogP contribution in [-0.4, -0.2) is 49.4 Å². The third-order valence-corrected chi connectivity index (χ3v) is 32.8. The van der Waals surface area contributed by atoms with E-state index in [1.807, 2.05) is 166 Å². The van der Waals surface area contributed by atoms with Gasteiger partial charge in [0.1, 0.15) is 0 Å². The summed E-state index contributed by atoms with van der Waals surface area (Å²) < 4.78 is 317. The average molecular weight is 1810 g/mol. The molecule has 0 radical (unpaired) electrons. The maximum Gasteiger partial charge on any atom is 0.395 e. The normalized spacial score (nSPS) is 16.6. The topological polar surface area (TPSA) is 0 Å². The summed E-state index contributed by atoms with van der Waals surface area (Å²) in [5.74, 6) is -3.67. The molecule has 1 unspecified atom stereocenters. The molecule has 0 aromatic carbocycles. The third-order valence-electron chi connectivity index (χ3n) is 32.8. The van der Waals surface area contributed by atoms with Crippen LogP contribution >= 0.6 is 0 Å². The molecule has 0 N–H and O–H groups in total. The molecule has 24 heteroatoms. The first-order valence-electron chi connectivity index (χ1n) is 45.9. The van der Waals surface area contributed by atoms with E-state index in [-0.39, 0.29) is 88.8 Å². The van der Waals surface area contributed by atoms with Crippen LogP contribution in [0.15, 0.2) is 0 Å². The minimum absolute atomic E-state index is 0.0154. The molecule has 0 aliphatic heterocycles. The van der Waals surface area contributed by atoms with Crippen molar-refractivity contribution in [3.63, 3.8) is 0 Å². The summed E-state index contributed by atoms with van der Waals surface area (Å²) in [7, 11) is 0. The van der Waals surface area contributed by atoms with Crippen LogP contribution in [0.1, 0.15) is 414 Å². The fraction of sp³-hybridized carbons (Fsp3) is 1.00. The molecule has 740 valence electrons. The lowest BCUT2D eigenvalue weighted by Crippen LogP contribution is -2.57. The lowest BCUT2D eigenvalue weighted by Gasteiger charge is -2.57. The molecule has 1 aliphatic rings. The first kappa shape index (κ1) is 132. The zero-order valence-electron chi connectivity index (χ0n) is 84.7. The number of rotatable bonds is 32. The molecular weight excluding hydrogens is 1620 g/mol. The second-order valence-electron chi connectivity index (χ2n) is 41.6. The number of hydrogen-bond acceptors (Lipinski definition) is 0. The largest absolute Gasteiger partial charge is 0.395 e. The first-order chi connectivity index (χ1) is 53.4. The van der Waals surface area contributed by atoms with E-state index in [1.54, 1.807) is 90.0 Å². The Morgan fingerprint density at radius 2 is 0.413 bits per heavy atom. The van der Waals surface area contributed by atoms with Gasteiger partial charge < -0.3 is 0 Å². The van der Waals surface area contributed by atoms with Crippen LogP contribution in [-0.2, 0) is 0 Å². The van der Waals surface area contributed by atoms with Crippen LogP contribution in [0, 0.1) is 160 Å². The van der Waals surface area contributed by atoms with Crippen LogP contribution in [0.5, 0.6) is 0 Å². The van der Waals surface area contributed by atoms with Crippen LogP contribution in [0.3, 0.4) is 0 Å². The molecule has 3 atom stereocenters. The van der Waals surface area contributed by atoms with Crippen LogP contribution in [0.4, 0.5) is 105 Å². The number of hydrogen-bond donors (Lipinski definition) is 0. The molecule has 0 aromatic heterocycles. The Morgan fingerprint density at radius 1 is 0.223 bits per heavy atom. The molecule has 121 heavy (non-hydrogen) atoms. The Labute approximate surface area is 726 Å². The molecule has 1 aliphatic carbocycles. The van der Waals surface area contributed by atoms with Gasteiger partial charge in [-0.2, -0.15) is 105 Å². The van der Waals surface area contributed by atoms with Crippen molar-refractivity contribution in [1.29, 1.82) is 0 Å². The van der Waals surface area contributed by atoms with Crippen LogP contribution < -0.4 is 0 Å². The molecular formula is C97H184F24. The van der Waals surface area contributed by atoms with Crippen molar-refractivity contribution in [2.75, 3.05) is 0 Å². The van der Waals surface area contributed by atoms with Gasteiger partial charge in [0.05, 0.1) is 43.3 Å². The van der Waals surface area contributed by atoms with Gasteiger partial charge in [-0.25, -0.2) is 0 Å². The van der Waals surface area contributed by atoms with Crippen molar-refractivity contribution in [2.45, 2.75) is 464 Å². The van der Waals surface area contributed by atoms with Gasteiger partial charge >= 0.3 is 49.4 Å². The quantitative estimate of drug-likeness (QED) is 0.0589. The van der Waals surface area contributed by atoms with Gasteiger partial charge in [-0.1, -0.05) is 356 Å². The predicted octanol–water partition coefficient (Wildman–Crippen LogP) is 39.9. The van der Waals surface area contributed by atoms with E-state index in [2.05, 4.69) is 0 Å². The monoisotopic (exact) mass is 1810 g/mol. The van der Waals surface area contributed by atoms with Crippen LogP contribution in [0.2, 0.25) is 0 Å². The highest BCUT2D eigenvalue weighted by atomic mass is 19.4. The zero-order valence-corrected chi connectivity index (χ0v) is 84.7. The van der Waals surface area contributed by atoms with Crippen molar-refractivity contribution >= 4 is 0 Å². The molecule has 1 fully saturated rings. The van der Waals surface area contributed by atoms with Crippen LogP contribution in [0.25, 0.3) is 0 Å². The van der Waals surface area contributed by atoms with E-state index in [9.17, 15) is 105 Å². The fourth-order valence-electron chi connectivity index (χ4n) is 21.6. The standard InChI is InChI=1S/C17H33F3.C15H29F3.2C13H25F3.C12H23F3.C11H21F3.C9H17F3.C7H11F3/c1-10(2)14(11(3)4)16(9,17(18,19)20)15(12(5)6)13(7)8;1-8-12(5,9-2)14(7,15(16,17)18)13(6,10-3)11-4;1-8(2)11(9(3)4)12(7,10(5)6)13(14,15)16;1-6-10(7-2)12(5,13(14,15)16)11(8-3)9-4;1-7-10(5,8-2)11(6,9(3)4)12(13,14)15;1-6-9(7-2)10(5,8(3)4)11(12,13)14;1-6(2)8(5,7(3)4)9(10,11)12;1-6(7(8,9)10)4-2-3-5-6/h10-15H,1-9H3;8-11H2,1-7H3;8-11H,1-7H3;10-11H,6-9H2,1-5H3;9H,7-8H2,1-6H3;8-9H,6-7H2,1-5H3;6-7H,1-5H3;2-5H2,1H3/t;;12-;;11-;;;/m..0.0.../s1. The van der Waals surface area contributed by atoms with Crippen molar-refractivity contribution in [3.8, 4) is 0 Å². The zero-order chi connectivity index (χ0) is 99.6. The van der Waals surface area contributed by atoms with E-state index >= 15 is 0 Å². The summed E-state index contributed by atoms with van der Waals surface area (Å²) in [5.41, 5.74) is -14.6. The minimum Gasteiger partial charge on any atom is -0.171 e. The molecule has 0 saturated heterocycles. The summed E-state index contributed by atoms with van der Waals surface area (Å²) >= 11 is 0. The Bertz CT molecular complexity index is 2560. The molecule has 0 spiro atoms. The van der Waals surface area contributed by atoms with E-state index in [0.29, 0.717) is 89.9 Å². The smallest absolute Gasteiger partial charge is 0.171 e. The summed E-state index contributed by atoms with van der Waals surface area (Å²) in [6.45, 7) is 78.1. The summed E-state index contributed by atoms with van der Waals surface area (Å²) in [5, 5.41) is 0. The first-order valence-corrected chi connectivity index (χ1v) is 45.9. The molecule has 1 rings (SSSR count). The Hall–Kier alpha value is -1.68.